The van der Waals surface area contributed by atoms with E-state index in [4.69, 9.17) is 4.74 Å². The fourth-order valence-corrected chi connectivity index (χ4v) is 2.07. The van der Waals surface area contributed by atoms with E-state index in [0.717, 1.165) is 11.5 Å². The third-order valence-electron chi connectivity index (χ3n) is 3.13. The monoisotopic (exact) mass is 237 g/mol. The first-order chi connectivity index (χ1) is 8.83. The zero-order valence-corrected chi connectivity index (χ0v) is 10.3. The Morgan fingerprint density at radius 1 is 1.00 bits per heavy atom. The number of aryl methyl sites for hydroxylation is 1. The molecule has 2 aromatic rings. The minimum atomic E-state index is 0.127. The van der Waals surface area contributed by atoms with E-state index >= 15 is 0 Å². The Kier molecular flexibility index (Phi) is 2.85. The second kappa shape index (κ2) is 4.65. The molecule has 2 heteroatoms. The molecule has 90 valence electrons. The predicted octanol–water partition coefficient (Wildman–Crippen LogP) is 3.51. The van der Waals surface area contributed by atoms with E-state index in [-0.39, 0.29) is 6.04 Å². The fourth-order valence-electron chi connectivity index (χ4n) is 2.07. The Morgan fingerprint density at radius 3 is 2.44 bits per heavy atom. The number of benzene rings is 2. The molecule has 18 heavy (non-hydrogen) atoms. The van der Waals surface area contributed by atoms with Crippen LogP contribution in [0.25, 0.3) is 0 Å². The smallest absolute Gasteiger partial charge is 0.216 e. The number of ether oxygens (including phenoxy) is 1. The van der Waals surface area contributed by atoms with Gasteiger partial charge in [0.25, 0.3) is 0 Å². The van der Waals surface area contributed by atoms with Crippen LogP contribution in [0.1, 0.15) is 22.7 Å². The minimum Gasteiger partial charge on any atom is -0.475 e. The van der Waals surface area contributed by atoms with Crippen molar-refractivity contribution in [3.05, 3.63) is 71.3 Å². The van der Waals surface area contributed by atoms with E-state index in [1.165, 1.54) is 11.1 Å². The highest BCUT2D eigenvalue weighted by molar-refractivity contribution is 5.95. The van der Waals surface area contributed by atoms with Gasteiger partial charge in [0.1, 0.15) is 12.6 Å². The van der Waals surface area contributed by atoms with Crippen molar-refractivity contribution in [3.8, 4) is 0 Å². The number of hydrogen-bond donors (Lipinski definition) is 0. The van der Waals surface area contributed by atoms with Gasteiger partial charge in [0.15, 0.2) is 0 Å². The fraction of sp³-hybridized carbons (Fsp3) is 0.188. The zero-order valence-electron chi connectivity index (χ0n) is 10.3. The number of nitrogens with zero attached hydrogens (tertiary/aromatic N) is 1. The molecule has 0 aliphatic carbocycles. The highest BCUT2D eigenvalue weighted by Crippen LogP contribution is 2.24. The lowest BCUT2D eigenvalue weighted by atomic mass is 10.1. The van der Waals surface area contributed by atoms with Gasteiger partial charge in [-0.2, -0.15) is 0 Å². The van der Waals surface area contributed by atoms with Crippen molar-refractivity contribution in [1.82, 2.24) is 0 Å². The predicted molar refractivity (Wildman–Crippen MR) is 72.9 cm³/mol. The molecule has 0 saturated heterocycles. The molecule has 2 nitrogen and oxygen atoms in total. The van der Waals surface area contributed by atoms with E-state index < -0.39 is 0 Å². The van der Waals surface area contributed by atoms with Crippen LogP contribution in [0, 0.1) is 6.92 Å². The molecule has 0 amide bonds. The highest BCUT2D eigenvalue weighted by atomic mass is 16.5. The van der Waals surface area contributed by atoms with Crippen LogP contribution in [-0.2, 0) is 4.74 Å². The number of rotatable bonds is 2. The molecule has 1 atom stereocenters. The van der Waals surface area contributed by atoms with Gasteiger partial charge < -0.3 is 4.74 Å². The first kappa shape index (κ1) is 11.0. The van der Waals surface area contributed by atoms with Crippen molar-refractivity contribution in [1.29, 1.82) is 0 Å². The maximum absolute atomic E-state index is 5.70. The molecule has 1 aliphatic rings. The lowest BCUT2D eigenvalue weighted by Crippen LogP contribution is -2.01. The molecule has 3 rings (SSSR count). The van der Waals surface area contributed by atoms with Crippen LogP contribution in [0.3, 0.4) is 0 Å². The van der Waals surface area contributed by atoms with Crippen LogP contribution in [0.15, 0.2) is 59.6 Å². The van der Waals surface area contributed by atoms with Crippen molar-refractivity contribution < 1.29 is 4.74 Å². The van der Waals surface area contributed by atoms with E-state index in [2.05, 4.69) is 48.3 Å². The summed E-state index contributed by atoms with van der Waals surface area (Å²) in [4.78, 5) is 4.65. The van der Waals surface area contributed by atoms with Gasteiger partial charge in [-0.1, -0.05) is 48.0 Å². The standard InChI is InChI=1S/C16H15NO/c1-12-7-9-14(10-8-12)16-17-15(11-18-16)13-5-3-2-4-6-13/h2-10,15H,11H2,1H3/t15-/m1/s1. The second-order valence-electron chi connectivity index (χ2n) is 4.54. The van der Waals surface area contributed by atoms with Gasteiger partial charge in [-0.05, 0) is 24.6 Å². The molecule has 0 N–H and O–H groups in total. The van der Waals surface area contributed by atoms with Crippen LogP contribution in [-0.4, -0.2) is 12.5 Å². The summed E-state index contributed by atoms with van der Waals surface area (Å²) >= 11 is 0. The van der Waals surface area contributed by atoms with Crippen LogP contribution in [0.2, 0.25) is 0 Å². The summed E-state index contributed by atoms with van der Waals surface area (Å²) in [5.74, 6) is 0.754. The molecule has 0 saturated carbocycles. The van der Waals surface area contributed by atoms with Crippen LogP contribution in [0.4, 0.5) is 0 Å². The lowest BCUT2D eigenvalue weighted by molar-refractivity contribution is 0.320. The van der Waals surface area contributed by atoms with Crippen molar-refractivity contribution in [2.75, 3.05) is 6.61 Å². The molecule has 0 unspecified atom stereocenters. The summed E-state index contributed by atoms with van der Waals surface area (Å²) in [6.45, 7) is 2.71. The van der Waals surface area contributed by atoms with Gasteiger partial charge in [-0.25, -0.2) is 4.99 Å². The largest absolute Gasteiger partial charge is 0.475 e. The number of hydrogen-bond acceptors (Lipinski definition) is 2. The summed E-state index contributed by atoms with van der Waals surface area (Å²) in [5.41, 5.74) is 3.51. The Balaban J connectivity index is 1.86. The van der Waals surface area contributed by atoms with Gasteiger partial charge in [-0.15, -0.1) is 0 Å². The third-order valence-corrected chi connectivity index (χ3v) is 3.13. The quantitative estimate of drug-likeness (QED) is 0.783. The van der Waals surface area contributed by atoms with Gasteiger partial charge in [0.05, 0.1) is 0 Å². The maximum atomic E-state index is 5.70. The van der Waals surface area contributed by atoms with Crippen molar-refractivity contribution in [2.45, 2.75) is 13.0 Å². The van der Waals surface area contributed by atoms with Crippen molar-refractivity contribution >= 4 is 5.90 Å². The van der Waals surface area contributed by atoms with Crippen molar-refractivity contribution in [3.63, 3.8) is 0 Å². The van der Waals surface area contributed by atoms with Crippen LogP contribution in [0.5, 0.6) is 0 Å². The summed E-state index contributed by atoms with van der Waals surface area (Å²) in [5, 5.41) is 0. The molecule has 1 aliphatic heterocycles. The van der Waals surface area contributed by atoms with Gasteiger partial charge in [0, 0.05) is 5.56 Å². The average Bonchev–Trinajstić information content (AvgIpc) is 2.90. The zero-order chi connectivity index (χ0) is 12.4. The maximum Gasteiger partial charge on any atom is 0.216 e. The summed E-state index contributed by atoms with van der Waals surface area (Å²) in [6, 6.07) is 18.7. The molecule has 0 fully saturated rings. The molecule has 0 bridgehead atoms. The second-order valence-corrected chi connectivity index (χ2v) is 4.54. The molecular weight excluding hydrogens is 222 g/mol. The molecular formula is C16H15NO. The van der Waals surface area contributed by atoms with Crippen LogP contribution >= 0.6 is 0 Å². The summed E-state index contributed by atoms with van der Waals surface area (Å²) in [6.07, 6.45) is 0. The highest BCUT2D eigenvalue weighted by Gasteiger charge is 2.21. The first-order valence-electron chi connectivity index (χ1n) is 6.15. The van der Waals surface area contributed by atoms with Gasteiger partial charge >= 0.3 is 0 Å². The summed E-state index contributed by atoms with van der Waals surface area (Å²) in [7, 11) is 0. The van der Waals surface area contributed by atoms with E-state index in [1.807, 2.05) is 18.2 Å². The van der Waals surface area contributed by atoms with Gasteiger partial charge in [-0.3, -0.25) is 0 Å². The Bertz CT molecular complexity index is 557. The number of aliphatic imine (C=N–C) groups is 1. The minimum absolute atomic E-state index is 0.127. The third kappa shape index (κ3) is 2.14. The van der Waals surface area contributed by atoms with E-state index in [9.17, 15) is 0 Å². The van der Waals surface area contributed by atoms with E-state index in [1.54, 1.807) is 0 Å². The van der Waals surface area contributed by atoms with E-state index in [0.29, 0.717) is 6.61 Å². The lowest BCUT2D eigenvalue weighted by Gasteiger charge is -2.03. The average molecular weight is 237 g/mol. The Labute approximate surface area is 107 Å². The Morgan fingerprint density at radius 2 is 1.72 bits per heavy atom. The first-order valence-corrected chi connectivity index (χ1v) is 6.15. The molecule has 0 radical (unpaired) electrons. The SMILES string of the molecule is Cc1ccc(C2=N[C@@H](c3ccccc3)CO2)cc1. The summed E-state index contributed by atoms with van der Waals surface area (Å²) < 4.78 is 5.70. The molecule has 0 aromatic heterocycles. The van der Waals surface area contributed by atoms with Crippen LogP contribution < -0.4 is 0 Å². The molecule has 2 aromatic carbocycles. The molecule has 1 heterocycles. The normalized spacial score (nSPS) is 18.3. The topological polar surface area (TPSA) is 21.6 Å². The van der Waals surface area contributed by atoms with Gasteiger partial charge in [0.2, 0.25) is 5.90 Å². The van der Waals surface area contributed by atoms with Crippen molar-refractivity contribution in [2.24, 2.45) is 4.99 Å². The molecule has 0 spiro atoms. The Hall–Kier alpha value is -2.09.